The number of aromatic carboxylic acids is 1. The van der Waals surface area contributed by atoms with E-state index in [4.69, 9.17) is 5.11 Å². The molecule has 0 aliphatic rings. The minimum Gasteiger partial charge on any atom is -0.477 e. The second-order valence-electron chi connectivity index (χ2n) is 2.50. The maximum absolute atomic E-state index is 11.4. The molecule has 0 aliphatic heterocycles. The highest BCUT2D eigenvalue weighted by molar-refractivity contribution is 7.16. The van der Waals surface area contributed by atoms with Crippen LogP contribution in [0.4, 0.5) is 0 Å². The Morgan fingerprint density at radius 2 is 2.31 bits per heavy atom. The molecule has 2 heterocycles. The summed E-state index contributed by atoms with van der Waals surface area (Å²) < 4.78 is 0. The molecular weight excluding hydrogens is 190 g/mol. The van der Waals surface area contributed by atoms with Crippen LogP contribution in [0.5, 0.6) is 0 Å². The summed E-state index contributed by atoms with van der Waals surface area (Å²) in [5.74, 6) is -1.20. The van der Waals surface area contributed by atoms with E-state index >= 15 is 0 Å². The second-order valence-corrected chi connectivity index (χ2v) is 3.42. The average molecular weight is 195 g/mol. The zero-order valence-electron chi connectivity index (χ0n) is 6.40. The Labute approximate surface area is 76.5 Å². The summed E-state index contributed by atoms with van der Waals surface area (Å²) >= 11 is 1.37. The molecule has 66 valence electrons. The molecule has 13 heavy (non-hydrogen) atoms. The van der Waals surface area contributed by atoms with Gasteiger partial charge in [0.15, 0.2) is 0 Å². The van der Waals surface area contributed by atoms with Crippen molar-refractivity contribution < 1.29 is 9.90 Å². The third-order valence-corrected chi connectivity index (χ3v) is 2.58. The number of pyridine rings is 1. The number of carbonyl (C=O) groups is 1. The molecular formula is C8H5NO3S. The first kappa shape index (κ1) is 8.00. The summed E-state index contributed by atoms with van der Waals surface area (Å²) in [5.41, 5.74) is -0.645. The molecule has 0 saturated heterocycles. The van der Waals surface area contributed by atoms with Gasteiger partial charge in [-0.2, -0.15) is 0 Å². The van der Waals surface area contributed by atoms with Gasteiger partial charge in [-0.1, -0.05) is 0 Å². The number of carboxylic acids is 1. The zero-order valence-corrected chi connectivity index (χ0v) is 7.22. The lowest BCUT2D eigenvalue weighted by Gasteiger charge is -1.93. The normalized spacial score (nSPS) is 10.5. The molecule has 5 heteroatoms. The Bertz CT molecular complexity index is 525. The van der Waals surface area contributed by atoms with E-state index < -0.39 is 11.4 Å². The highest BCUT2D eigenvalue weighted by Gasteiger charge is 2.11. The molecule has 0 aliphatic carbocycles. The van der Waals surface area contributed by atoms with Gasteiger partial charge >= 0.3 is 5.97 Å². The SMILES string of the molecule is O=C(O)c1c[nH]c2sccc2c1=O. The van der Waals surface area contributed by atoms with Crippen LogP contribution >= 0.6 is 11.3 Å². The standard InChI is InChI=1S/C8H5NO3S/c10-6-4-1-2-13-7(4)9-3-5(6)8(11)12/h1-3H,(H,9,10)(H,11,12). The Balaban J connectivity index is 2.89. The van der Waals surface area contributed by atoms with E-state index in [-0.39, 0.29) is 5.56 Å². The molecule has 0 fully saturated rings. The van der Waals surface area contributed by atoms with Gasteiger partial charge in [-0.25, -0.2) is 4.79 Å². The lowest BCUT2D eigenvalue weighted by Crippen LogP contribution is -2.14. The van der Waals surface area contributed by atoms with E-state index in [9.17, 15) is 9.59 Å². The molecule has 0 bridgehead atoms. The first-order valence-electron chi connectivity index (χ1n) is 3.52. The van der Waals surface area contributed by atoms with Crippen molar-refractivity contribution in [3.05, 3.63) is 33.4 Å². The van der Waals surface area contributed by atoms with Gasteiger partial charge in [0.25, 0.3) is 0 Å². The van der Waals surface area contributed by atoms with Crippen LogP contribution in [-0.2, 0) is 0 Å². The van der Waals surface area contributed by atoms with E-state index in [1.807, 2.05) is 0 Å². The first-order chi connectivity index (χ1) is 6.20. The van der Waals surface area contributed by atoms with E-state index in [0.29, 0.717) is 10.2 Å². The van der Waals surface area contributed by atoms with Crippen molar-refractivity contribution in [1.29, 1.82) is 0 Å². The van der Waals surface area contributed by atoms with Crippen LogP contribution in [0, 0.1) is 0 Å². The molecule has 2 rings (SSSR count). The fourth-order valence-corrected chi connectivity index (χ4v) is 1.86. The Kier molecular flexibility index (Phi) is 1.66. The highest BCUT2D eigenvalue weighted by atomic mass is 32.1. The predicted molar refractivity (Wildman–Crippen MR) is 49.4 cm³/mol. The number of hydrogen-bond acceptors (Lipinski definition) is 3. The van der Waals surface area contributed by atoms with Crippen LogP contribution in [0.2, 0.25) is 0 Å². The maximum atomic E-state index is 11.4. The number of nitrogens with one attached hydrogen (secondary N) is 1. The highest BCUT2D eigenvalue weighted by Crippen LogP contribution is 2.14. The molecule has 0 radical (unpaired) electrons. The topological polar surface area (TPSA) is 70.2 Å². The number of carboxylic acid groups (broad SMARTS) is 1. The Morgan fingerprint density at radius 3 is 3.00 bits per heavy atom. The lowest BCUT2D eigenvalue weighted by atomic mass is 10.2. The zero-order chi connectivity index (χ0) is 9.42. The van der Waals surface area contributed by atoms with E-state index in [1.165, 1.54) is 17.5 Å². The summed E-state index contributed by atoms with van der Waals surface area (Å²) in [6.07, 6.45) is 1.23. The molecule has 0 aromatic carbocycles. The van der Waals surface area contributed by atoms with Gasteiger partial charge in [0, 0.05) is 6.20 Å². The number of rotatable bonds is 1. The van der Waals surface area contributed by atoms with Gasteiger partial charge in [-0.15, -0.1) is 11.3 Å². The largest absolute Gasteiger partial charge is 0.477 e. The monoisotopic (exact) mass is 195 g/mol. The number of aromatic amines is 1. The molecule has 0 atom stereocenters. The summed E-state index contributed by atoms with van der Waals surface area (Å²) in [6, 6.07) is 1.62. The maximum Gasteiger partial charge on any atom is 0.341 e. The predicted octanol–water partition coefficient (Wildman–Crippen LogP) is 1.29. The van der Waals surface area contributed by atoms with Crippen molar-refractivity contribution in [2.24, 2.45) is 0 Å². The quantitative estimate of drug-likeness (QED) is 0.720. The molecule has 0 amide bonds. The number of thiophene rings is 1. The number of fused-ring (bicyclic) bond motifs is 1. The van der Waals surface area contributed by atoms with Crippen molar-refractivity contribution >= 4 is 27.5 Å². The van der Waals surface area contributed by atoms with Gasteiger partial charge in [0.1, 0.15) is 10.4 Å². The molecule has 2 aromatic heterocycles. The van der Waals surface area contributed by atoms with Crippen LogP contribution in [0.15, 0.2) is 22.4 Å². The van der Waals surface area contributed by atoms with Crippen LogP contribution < -0.4 is 5.43 Å². The van der Waals surface area contributed by atoms with Crippen molar-refractivity contribution in [3.8, 4) is 0 Å². The van der Waals surface area contributed by atoms with E-state index in [0.717, 1.165) is 0 Å². The molecule has 2 N–H and O–H groups in total. The van der Waals surface area contributed by atoms with Gasteiger partial charge in [-0.3, -0.25) is 4.79 Å². The number of aromatic nitrogens is 1. The van der Waals surface area contributed by atoms with Gasteiger partial charge < -0.3 is 10.1 Å². The van der Waals surface area contributed by atoms with Gasteiger partial charge in [0.05, 0.1) is 5.39 Å². The summed E-state index contributed by atoms with van der Waals surface area (Å²) in [4.78, 5) is 25.5. The van der Waals surface area contributed by atoms with Crippen molar-refractivity contribution in [2.45, 2.75) is 0 Å². The lowest BCUT2D eigenvalue weighted by molar-refractivity contribution is 0.0695. The van der Waals surface area contributed by atoms with E-state index in [1.54, 1.807) is 11.4 Å². The fraction of sp³-hybridized carbons (Fsp3) is 0. The second kappa shape index (κ2) is 2.70. The third kappa shape index (κ3) is 1.13. The van der Waals surface area contributed by atoms with Crippen LogP contribution in [0.1, 0.15) is 10.4 Å². The number of H-pyrrole nitrogens is 1. The van der Waals surface area contributed by atoms with Gasteiger partial charge in [-0.05, 0) is 11.4 Å². The molecule has 0 spiro atoms. The van der Waals surface area contributed by atoms with Crippen LogP contribution in [-0.4, -0.2) is 16.1 Å². The smallest absolute Gasteiger partial charge is 0.341 e. The summed E-state index contributed by atoms with van der Waals surface area (Å²) in [6.45, 7) is 0. The van der Waals surface area contributed by atoms with Crippen molar-refractivity contribution in [1.82, 2.24) is 4.98 Å². The van der Waals surface area contributed by atoms with Crippen molar-refractivity contribution in [3.63, 3.8) is 0 Å². The fourth-order valence-electron chi connectivity index (χ4n) is 1.11. The minimum atomic E-state index is -1.20. The Morgan fingerprint density at radius 1 is 1.54 bits per heavy atom. The van der Waals surface area contributed by atoms with Crippen molar-refractivity contribution in [2.75, 3.05) is 0 Å². The first-order valence-corrected chi connectivity index (χ1v) is 4.40. The van der Waals surface area contributed by atoms with Crippen LogP contribution in [0.3, 0.4) is 0 Å². The Hall–Kier alpha value is -1.62. The summed E-state index contributed by atoms with van der Waals surface area (Å²) in [7, 11) is 0. The van der Waals surface area contributed by atoms with Gasteiger partial charge in [0.2, 0.25) is 5.43 Å². The minimum absolute atomic E-state index is 0.217. The molecule has 4 nitrogen and oxygen atoms in total. The molecule has 2 aromatic rings. The van der Waals surface area contributed by atoms with E-state index in [2.05, 4.69) is 4.98 Å². The molecule has 0 saturated carbocycles. The average Bonchev–Trinajstić information content (AvgIpc) is 2.52. The third-order valence-electron chi connectivity index (χ3n) is 1.73. The number of hydrogen-bond donors (Lipinski definition) is 2. The molecule has 0 unspecified atom stereocenters. The van der Waals surface area contributed by atoms with Crippen LogP contribution in [0.25, 0.3) is 10.2 Å². The summed E-state index contributed by atoms with van der Waals surface area (Å²) in [5, 5.41) is 10.8.